The Bertz CT molecular complexity index is 1250. The van der Waals surface area contributed by atoms with E-state index in [1.54, 1.807) is 34.3 Å². The van der Waals surface area contributed by atoms with E-state index in [9.17, 15) is 14.0 Å². The molecular weight excluding hydrogens is 473 g/mol. The maximum Gasteiger partial charge on any atom is 0.411 e. The molecule has 1 unspecified atom stereocenters. The monoisotopic (exact) mass is 503 g/mol. The van der Waals surface area contributed by atoms with E-state index in [0.717, 1.165) is 11.3 Å². The molecule has 2 aliphatic rings. The third kappa shape index (κ3) is 4.75. The largest absolute Gasteiger partial charge is 0.492 e. The lowest BCUT2D eigenvalue weighted by Crippen LogP contribution is -2.59. The molecule has 0 N–H and O–H groups in total. The third-order valence-electron chi connectivity index (χ3n) is 7.65. The smallest absolute Gasteiger partial charge is 0.411 e. The first-order chi connectivity index (χ1) is 17.9. The molecule has 192 valence electrons. The fourth-order valence-electron chi connectivity index (χ4n) is 5.55. The number of piperidine rings is 1. The number of ether oxygens (including phenoxy) is 2. The number of para-hydroxylation sites is 1. The number of halogens is 1. The second-order valence-electron chi connectivity index (χ2n) is 9.68. The molecule has 2 saturated heterocycles. The molecule has 0 bridgehead atoms. The van der Waals surface area contributed by atoms with Crippen molar-refractivity contribution >= 4 is 12.0 Å². The van der Waals surface area contributed by atoms with Gasteiger partial charge >= 0.3 is 6.09 Å². The summed E-state index contributed by atoms with van der Waals surface area (Å²) in [6, 6.07) is 19.4. The highest BCUT2D eigenvalue weighted by molar-refractivity contribution is 5.79. The van der Waals surface area contributed by atoms with Crippen LogP contribution in [0, 0.1) is 5.82 Å². The van der Waals surface area contributed by atoms with Crippen molar-refractivity contribution in [2.75, 3.05) is 26.2 Å². The number of pyridine rings is 1. The van der Waals surface area contributed by atoms with Crippen molar-refractivity contribution in [3.63, 3.8) is 0 Å². The van der Waals surface area contributed by atoms with Crippen molar-refractivity contribution in [3.05, 3.63) is 96.1 Å². The molecule has 8 heteroatoms. The Morgan fingerprint density at radius 2 is 1.86 bits per heavy atom. The summed E-state index contributed by atoms with van der Waals surface area (Å²) in [5.74, 6) is 0.309. The average molecular weight is 504 g/mol. The van der Waals surface area contributed by atoms with Gasteiger partial charge in [0, 0.05) is 38.3 Å². The van der Waals surface area contributed by atoms with Crippen molar-refractivity contribution in [2.45, 2.75) is 37.3 Å². The Balaban J connectivity index is 1.33. The topological polar surface area (TPSA) is 72.0 Å². The summed E-state index contributed by atoms with van der Waals surface area (Å²) in [6.07, 6.45) is 4.17. The minimum absolute atomic E-state index is 0.0685. The number of rotatable bonds is 7. The quantitative estimate of drug-likeness (QED) is 0.472. The van der Waals surface area contributed by atoms with Crippen molar-refractivity contribution in [3.8, 4) is 5.75 Å². The fraction of sp³-hybridized carbons (Fsp3) is 0.345. The van der Waals surface area contributed by atoms with E-state index in [1.165, 1.54) is 12.1 Å². The molecule has 1 aromatic heterocycles. The van der Waals surface area contributed by atoms with E-state index in [2.05, 4.69) is 4.98 Å². The summed E-state index contributed by atoms with van der Waals surface area (Å²) in [6.45, 7) is 3.53. The molecule has 0 aliphatic carbocycles. The van der Waals surface area contributed by atoms with E-state index in [1.807, 2.05) is 49.4 Å². The van der Waals surface area contributed by atoms with Crippen molar-refractivity contribution < 1.29 is 23.5 Å². The van der Waals surface area contributed by atoms with Gasteiger partial charge in [-0.05, 0) is 48.4 Å². The van der Waals surface area contributed by atoms with Gasteiger partial charge in [0.1, 0.15) is 29.3 Å². The van der Waals surface area contributed by atoms with Crippen LogP contribution in [0.1, 0.15) is 30.9 Å². The second kappa shape index (κ2) is 10.2. The van der Waals surface area contributed by atoms with Crippen LogP contribution in [0.5, 0.6) is 5.75 Å². The first kappa shape index (κ1) is 24.7. The molecule has 1 spiro atoms. The minimum atomic E-state index is -0.824. The second-order valence-corrected chi connectivity index (χ2v) is 9.68. The van der Waals surface area contributed by atoms with Gasteiger partial charge in [-0.15, -0.1) is 0 Å². The predicted octanol–water partition coefficient (Wildman–Crippen LogP) is 4.57. The van der Waals surface area contributed by atoms with E-state index in [0.29, 0.717) is 44.6 Å². The summed E-state index contributed by atoms with van der Waals surface area (Å²) >= 11 is 0. The lowest BCUT2D eigenvalue weighted by molar-refractivity contribution is -0.136. The van der Waals surface area contributed by atoms with Gasteiger partial charge in [-0.2, -0.15) is 0 Å². The first-order valence-electron chi connectivity index (χ1n) is 12.5. The van der Waals surface area contributed by atoms with Crippen LogP contribution in [0.25, 0.3) is 0 Å². The number of aromatic nitrogens is 1. The summed E-state index contributed by atoms with van der Waals surface area (Å²) in [4.78, 5) is 34.1. The Morgan fingerprint density at radius 3 is 2.57 bits per heavy atom. The molecule has 2 aliphatic heterocycles. The van der Waals surface area contributed by atoms with Gasteiger partial charge in [-0.25, -0.2) is 9.18 Å². The summed E-state index contributed by atoms with van der Waals surface area (Å²) < 4.78 is 25.6. The Morgan fingerprint density at radius 1 is 1.08 bits per heavy atom. The van der Waals surface area contributed by atoms with Crippen LogP contribution in [0.3, 0.4) is 0 Å². The predicted molar refractivity (Wildman–Crippen MR) is 135 cm³/mol. The Kier molecular flexibility index (Phi) is 6.82. The van der Waals surface area contributed by atoms with Gasteiger partial charge in [-0.3, -0.25) is 14.7 Å². The zero-order valence-corrected chi connectivity index (χ0v) is 20.8. The van der Waals surface area contributed by atoms with Crippen molar-refractivity contribution in [1.29, 1.82) is 0 Å². The summed E-state index contributed by atoms with van der Waals surface area (Å²) in [5, 5.41) is 0. The summed E-state index contributed by atoms with van der Waals surface area (Å²) in [7, 11) is 0. The van der Waals surface area contributed by atoms with E-state index >= 15 is 0 Å². The average Bonchev–Trinajstić information content (AvgIpc) is 3.12. The maximum atomic E-state index is 13.6. The van der Waals surface area contributed by atoms with Gasteiger partial charge in [0.25, 0.3) is 0 Å². The number of carbonyl (C=O) groups excluding carboxylic acids is 2. The van der Waals surface area contributed by atoms with Crippen LogP contribution < -0.4 is 4.74 Å². The Labute approximate surface area is 215 Å². The molecule has 3 heterocycles. The molecule has 0 radical (unpaired) electrons. The number of carbonyl (C=O) groups is 2. The highest BCUT2D eigenvalue weighted by Crippen LogP contribution is 2.51. The molecule has 2 amide bonds. The lowest BCUT2D eigenvalue weighted by atomic mass is 9.70. The standard InChI is InChI=1S/C29H30FN3O4/c1-28(23-8-6-14-31-21-23)29(37-27(35)33(28)17-18-36-25-10-3-2-4-11-25)12-15-32(16-13-29)26(34)20-22-7-5-9-24(30)19-22/h2-11,14,19,21H,12-13,15-18,20H2,1H3. The molecule has 37 heavy (non-hydrogen) atoms. The SMILES string of the molecule is CC1(c2cccnc2)N(CCOc2ccccc2)C(=O)OC12CCN(C(=O)Cc1cccc(F)c1)CC2. The molecule has 2 fully saturated rings. The normalized spacial score (nSPS) is 20.6. The highest BCUT2D eigenvalue weighted by atomic mass is 19.1. The molecular formula is C29H30FN3O4. The van der Waals surface area contributed by atoms with Gasteiger partial charge in [-0.1, -0.05) is 36.4 Å². The maximum absolute atomic E-state index is 13.6. The van der Waals surface area contributed by atoms with E-state index in [-0.39, 0.29) is 18.1 Å². The van der Waals surface area contributed by atoms with E-state index in [4.69, 9.17) is 9.47 Å². The number of amides is 2. The van der Waals surface area contributed by atoms with Crippen LogP contribution >= 0.6 is 0 Å². The van der Waals surface area contributed by atoms with Gasteiger partial charge < -0.3 is 14.4 Å². The molecule has 2 aromatic carbocycles. The first-order valence-corrected chi connectivity index (χ1v) is 12.5. The number of nitrogens with zero attached hydrogens (tertiary/aromatic N) is 3. The number of hydrogen-bond acceptors (Lipinski definition) is 5. The molecule has 0 saturated carbocycles. The van der Waals surface area contributed by atoms with Crippen LogP contribution in [-0.4, -0.2) is 58.6 Å². The van der Waals surface area contributed by atoms with Gasteiger partial charge in [0.2, 0.25) is 5.91 Å². The zero-order chi connectivity index (χ0) is 25.9. The van der Waals surface area contributed by atoms with Gasteiger partial charge in [0.15, 0.2) is 0 Å². The van der Waals surface area contributed by atoms with Crippen molar-refractivity contribution in [2.24, 2.45) is 0 Å². The third-order valence-corrected chi connectivity index (χ3v) is 7.65. The minimum Gasteiger partial charge on any atom is -0.492 e. The number of likely N-dealkylation sites (tertiary alicyclic amines) is 1. The van der Waals surface area contributed by atoms with Gasteiger partial charge in [0.05, 0.1) is 13.0 Å². The van der Waals surface area contributed by atoms with E-state index < -0.39 is 17.2 Å². The Hall–Kier alpha value is -3.94. The van der Waals surface area contributed by atoms with Crippen LogP contribution in [0.2, 0.25) is 0 Å². The van der Waals surface area contributed by atoms with Crippen molar-refractivity contribution in [1.82, 2.24) is 14.8 Å². The molecule has 1 atom stereocenters. The fourth-order valence-corrected chi connectivity index (χ4v) is 5.55. The van der Waals surface area contributed by atoms with Crippen LogP contribution in [0.15, 0.2) is 79.1 Å². The van der Waals surface area contributed by atoms with Crippen LogP contribution in [-0.2, 0) is 21.5 Å². The highest BCUT2D eigenvalue weighted by Gasteiger charge is 2.63. The van der Waals surface area contributed by atoms with Crippen LogP contribution in [0.4, 0.5) is 9.18 Å². The molecule has 7 nitrogen and oxygen atoms in total. The zero-order valence-electron chi connectivity index (χ0n) is 20.8. The lowest BCUT2D eigenvalue weighted by Gasteiger charge is -2.48. The molecule has 5 rings (SSSR count). The number of hydrogen-bond donors (Lipinski definition) is 0. The summed E-state index contributed by atoms with van der Waals surface area (Å²) in [5.41, 5.74) is -0.103. The molecule has 3 aromatic rings. The number of benzene rings is 2.